The molecule has 0 aliphatic rings. The van der Waals surface area contributed by atoms with Crippen LogP contribution in [0.1, 0.15) is 11.1 Å². The van der Waals surface area contributed by atoms with E-state index in [1.807, 2.05) is 6.92 Å². The molecule has 1 aromatic carbocycles. The minimum atomic E-state index is 0.469. The van der Waals surface area contributed by atoms with Gasteiger partial charge in [-0.2, -0.15) is 0 Å². The molecule has 0 saturated heterocycles. The Morgan fingerprint density at radius 3 is 2.33 bits per heavy atom. The molecular formula is C9H7Cl3. The maximum Gasteiger partial charge on any atom is 0.0682 e. The van der Waals surface area contributed by atoms with Gasteiger partial charge in [-0.15, -0.1) is 0 Å². The molecule has 12 heavy (non-hydrogen) atoms. The Morgan fingerprint density at radius 1 is 1.25 bits per heavy atom. The van der Waals surface area contributed by atoms with Crippen molar-refractivity contribution < 1.29 is 0 Å². The minimum absolute atomic E-state index is 0.469. The van der Waals surface area contributed by atoms with Gasteiger partial charge in [-0.1, -0.05) is 47.5 Å². The van der Waals surface area contributed by atoms with Gasteiger partial charge in [0.2, 0.25) is 0 Å². The van der Waals surface area contributed by atoms with Gasteiger partial charge in [-0.05, 0) is 18.6 Å². The number of hydrogen-bond donors (Lipinski definition) is 0. The van der Waals surface area contributed by atoms with Gasteiger partial charge in [-0.3, -0.25) is 0 Å². The van der Waals surface area contributed by atoms with E-state index in [0.717, 1.165) is 5.56 Å². The third kappa shape index (κ3) is 1.61. The largest absolute Gasteiger partial charge is 0.0984 e. The number of hydrogen-bond acceptors (Lipinski definition) is 0. The lowest BCUT2D eigenvalue weighted by atomic mass is 10.1. The first-order valence-electron chi connectivity index (χ1n) is 3.34. The molecule has 0 amide bonds. The molecule has 0 radical (unpaired) electrons. The zero-order valence-corrected chi connectivity index (χ0v) is 8.76. The van der Waals surface area contributed by atoms with Gasteiger partial charge < -0.3 is 0 Å². The SMILES string of the molecule is C=Cc1c(Cl)cc(C)c(Cl)c1Cl. The second-order valence-corrected chi connectivity index (χ2v) is 3.58. The molecule has 3 heteroatoms. The van der Waals surface area contributed by atoms with Gasteiger partial charge in [0.15, 0.2) is 0 Å². The summed E-state index contributed by atoms with van der Waals surface area (Å²) in [5.74, 6) is 0. The van der Waals surface area contributed by atoms with Crippen molar-refractivity contribution in [2.24, 2.45) is 0 Å². The molecule has 0 fully saturated rings. The average molecular weight is 222 g/mol. The van der Waals surface area contributed by atoms with Crippen LogP contribution in [0, 0.1) is 6.92 Å². The highest BCUT2D eigenvalue weighted by Crippen LogP contribution is 2.34. The van der Waals surface area contributed by atoms with E-state index in [2.05, 4.69) is 6.58 Å². The lowest BCUT2D eigenvalue weighted by molar-refractivity contribution is 1.46. The molecular weight excluding hydrogens is 214 g/mol. The Hall–Kier alpha value is -0.170. The fourth-order valence-corrected chi connectivity index (χ4v) is 1.78. The van der Waals surface area contributed by atoms with E-state index in [9.17, 15) is 0 Å². The molecule has 0 nitrogen and oxygen atoms in total. The van der Waals surface area contributed by atoms with E-state index in [-0.39, 0.29) is 0 Å². The van der Waals surface area contributed by atoms with Crippen LogP contribution in [0.2, 0.25) is 15.1 Å². The summed E-state index contributed by atoms with van der Waals surface area (Å²) in [5.41, 5.74) is 1.56. The van der Waals surface area contributed by atoms with Gasteiger partial charge >= 0.3 is 0 Å². The van der Waals surface area contributed by atoms with E-state index < -0.39 is 0 Å². The van der Waals surface area contributed by atoms with Gasteiger partial charge in [-0.25, -0.2) is 0 Å². The van der Waals surface area contributed by atoms with Crippen LogP contribution >= 0.6 is 34.8 Å². The number of aryl methyl sites for hydroxylation is 1. The van der Waals surface area contributed by atoms with Gasteiger partial charge in [0.25, 0.3) is 0 Å². The van der Waals surface area contributed by atoms with Crippen molar-refractivity contribution in [1.82, 2.24) is 0 Å². The monoisotopic (exact) mass is 220 g/mol. The van der Waals surface area contributed by atoms with Crippen molar-refractivity contribution in [2.45, 2.75) is 6.92 Å². The topological polar surface area (TPSA) is 0 Å². The van der Waals surface area contributed by atoms with Crippen LogP contribution in [0.15, 0.2) is 12.6 Å². The summed E-state index contributed by atoms with van der Waals surface area (Å²) in [6.07, 6.45) is 1.59. The van der Waals surface area contributed by atoms with Crippen LogP contribution in [0.3, 0.4) is 0 Å². The van der Waals surface area contributed by atoms with Crippen molar-refractivity contribution in [2.75, 3.05) is 0 Å². The molecule has 0 aliphatic heterocycles. The highest BCUT2D eigenvalue weighted by atomic mass is 35.5. The molecule has 1 aromatic rings. The van der Waals surface area contributed by atoms with Crippen molar-refractivity contribution >= 4 is 40.9 Å². The maximum absolute atomic E-state index is 5.92. The highest BCUT2D eigenvalue weighted by molar-refractivity contribution is 6.45. The summed E-state index contributed by atoms with van der Waals surface area (Å²) < 4.78 is 0. The van der Waals surface area contributed by atoms with Crippen molar-refractivity contribution in [1.29, 1.82) is 0 Å². The van der Waals surface area contributed by atoms with Gasteiger partial charge in [0.1, 0.15) is 0 Å². The first-order chi connectivity index (χ1) is 5.57. The van der Waals surface area contributed by atoms with Crippen molar-refractivity contribution in [3.63, 3.8) is 0 Å². The quantitative estimate of drug-likeness (QED) is 0.608. The molecule has 0 spiro atoms. The fraction of sp³-hybridized carbons (Fsp3) is 0.111. The molecule has 64 valence electrons. The van der Waals surface area contributed by atoms with Crippen LogP contribution in [0.4, 0.5) is 0 Å². The van der Waals surface area contributed by atoms with Gasteiger partial charge in [0, 0.05) is 10.6 Å². The molecule has 0 atom stereocenters. The summed E-state index contributed by atoms with van der Waals surface area (Å²) in [4.78, 5) is 0. The standard InChI is InChI=1S/C9H7Cl3/c1-3-6-7(10)4-5(2)8(11)9(6)12/h3-4H,1H2,2H3. The summed E-state index contributed by atoms with van der Waals surface area (Å²) in [6, 6.07) is 1.77. The fourth-order valence-electron chi connectivity index (χ4n) is 0.914. The zero-order chi connectivity index (χ0) is 9.30. The predicted octanol–water partition coefficient (Wildman–Crippen LogP) is 4.60. The Kier molecular flexibility index (Phi) is 3.05. The molecule has 0 N–H and O–H groups in total. The molecule has 1 rings (SSSR count). The summed E-state index contributed by atoms with van der Waals surface area (Å²) in [5, 5.41) is 1.59. The van der Waals surface area contributed by atoms with E-state index >= 15 is 0 Å². The lowest BCUT2D eigenvalue weighted by Gasteiger charge is -2.06. The second-order valence-electron chi connectivity index (χ2n) is 2.42. The highest BCUT2D eigenvalue weighted by Gasteiger charge is 2.09. The van der Waals surface area contributed by atoms with Crippen LogP contribution in [-0.4, -0.2) is 0 Å². The maximum atomic E-state index is 5.92. The number of benzene rings is 1. The van der Waals surface area contributed by atoms with E-state index in [0.29, 0.717) is 20.6 Å². The van der Waals surface area contributed by atoms with Gasteiger partial charge in [0.05, 0.1) is 10.0 Å². The normalized spacial score (nSPS) is 10.0. The van der Waals surface area contributed by atoms with Crippen LogP contribution in [0.25, 0.3) is 6.08 Å². The first kappa shape index (κ1) is 9.91. The van der Waals surface area contributed by atoms with E-state index in [1.165, 1.54) is 0 Å². The first-order valence-corrected chi connectivity index (χ1v) is 4.48. The third-order valence-electron chi connectivity index (χ3n) is 1.58. The molecule has 0 unspecified atom stereocenters. The zero-order valence-electron chi connectivity index (χ0n) is 6.50. The lowest BCUT2D eigenvalue weighted by Crippen LogP contribution is -1.83. The Balaban J connectivity index is 3.51. The second kappa shape index (κ2) is 3.69. The van der Waals surface area contributed by atoms with Crippen LogP contribution in [0.5, 0.6) is 0 Å². The van der Waals surface area contributed by atoms with E-state index in [4.69, 9.17) is 34.8 Å². The summed E-state index contributed by atoms with van der Waals surface area (Å²) in [6.45, 7) is 5.45. The van der Waals surface area contributed by atoms with Crippen LogP contribution < -0.4 is 0 Å². The Bertz CT molecular complexity index is 329. The molecule has 0 bridgehead atoms. The molecule has 0 aromatic heterocycles. The molecule has 0 saturated carbocycles. The predicted molar refractivity (Wildman–Crippen MR) is 56.3 cm³/mol. The van der Waals surface area contributed by atoms with E-state index in [1.54, 1.807) is 12.1 Å². The summed E-state index contributed by atoms with van der Waals surface area (Å²) in [7, 11) is 0. The minimum Gasteiger partial charge on any atom is -0.0984 e. The van der Waals surface area contributed by atoms with Crippen molar-refractivity contribution in [3.8, 4) is 0 Å². The average Bonchev–Trinajstić information content (AvgIpc) is 2.01. The summed E-state index contributed by atoms with van der Waals surface area (Å²) >= 11 is 17.7. The third-order valence-corrected chi connectivity index (χ3v) is 2.87. The molecule has 0 aliphatic carbocycles. The van der Waals surface area contributed by atoms with Crippen LogP contribution in [-0.2, 0) is 0 Å². The number of halogens is 3. The Labute approximate surface area is 86.7 Å². The Morgan fingerprint density at radius 2 is 1.83 bits per heavy atom. The molecule has 0 heterocycles. The van der Waals surface area contributed by atoms with Crippen molar-refractivity contribution in [3.05, 3.63) is 38.8 Å². The number of rotatable bonds is 1. The smallest absolute Gasteiger partial charge is 0.0682 e.